The molecule has 2 amide bonds. The Hall–Kier alpha value is -1.55. The van der Waals surface area contributed by atoms with Gasteiger partial charge in [0.2, 0.25) is 0 Å². The third-order valence-electron chi connectivity index (χ3n) is 3.87. The molecule has 1 rings (SSSR count). The lowest BCUT2D eigenvalue weighted by molar-refractivity contribution is 0.230. The van der Waals surface area contributed by atoms with Crippen molar-refractivity contribution < 1.29 is 4.79 Å². The number of amides is 2. The van der Waals surface area contributed by atoms with Crippen LogP contribution in [0.15, 0.2) is 24.3 Å². The number of urea groups is 1. The molecule has 4 N–H and O–H groups in total. The van der Waals surface area contributed by atoms with Gasteiger partial charge in [0.25, 0.3) is 0 Å². The summed E-state index contributed by atoms with van der Waals surface area (Å²) in [6.45, 7) is 8.83. The minimum atomic E-state index is -0.205. The van der Waals surface area contributed by atoms with E-state index in [-0.39, 0.29) is 17.5 Å². The first kappa shape index (κ1) is 18.5. The summed E-state index contributed by atoms with van der Waals surface area (Å²) < 4.78 is 0. The Morgan fingerprint density at radius 2 is 1.82 bits per heavy atom. The number of rotatable bonds is 7. The number of benzene rings is 1. The molecule has 0 spiro atoms. The molecule has 0 bridgehead atoms. The fourth-order valence-corrected chi connectivity index (χ4v) is 2.29. The van der Waals surface area contributed by atoms with Crippen LogP contribution >= 0.6 is 0 Å². The van der Waals surface area contributed by atoms with Crippen LogP contribution in [0.4, 0.5) is 10.5 Å². The van der Waals surface area contributed by atoms with E-state index in [0.717, 1.165) is 12.1 Å². The molecule has 22 heavy (non-hydrogen) atoms. The van der Waals surface area contributed by atoms with Crippen molar-refractivity contribution in [3.05, 3.63) is 29.8 Å². The Labute approximate surface area is 134 Å². The Bertz CT molecular complexity index is 448. The zero-order valence-corrected chi connectivity index (χ0v) is 14.4. The average Bonchev–Trinajstić information content (AvgIpc) is 2.45. The number of nitrogens with two attached hydrogens (primary N) is 1. The van der Waals surface area contributed by atoms with Crippen molar-refractivity contribution in [2.45, 2.75) is 59.4 Å². The molecule has 0 aromatic heterocycles. The van der Waals surface area contributed by atoms with Crippen LogP contribution in [0.1, 0.15) is 52.5 Å². The van der Waals surface area contributed by atoms with Crippen LogP contribution < -0.4 is 16.4 Å². The van der Waals surface area contributed by atoms with E-state index in [1.54, 1.807) is 0 Å². The number of nitrogens with one attached hydrogen (secondary N) is 2. The lowest BCUT2D eigenvalue weighted by Gasteiger charge is -2.30. The van der Waals surface area contributed by atoms with E-state index in [1.165, 1.54) is 24.8 Å². The van der Waals surface area contributed by atoms with Gasteiger partial charge >= 0.3 is 6.03 Å². The highest BCUT2D eigenvalue weighted by molar-refractivity contribution is 5.89. The topological polar surface area (TPSA) is 67.2 Å². The van der Waals surface area contributed by atoms with Gasteiger partial charge in [-0.1, -0.05) is 52.7 Å². The number of aryl methyl sites for hydroxylation is 1. The number of carbonyl (C=O) groups excluding carboxylic acids is 1. The molecule has 0 unspecified atom stereocenters. The second-order valence-corrected chi connectivity index (χ2v) is 6.91. The van der Waals surface area contributed by atoms with Gasteiger partial charge in [-0.15, -0.1) is 0 Å². The second kappa shape index (κ2) is 8.79. The molecule has 1 aromatic carbocycles. The van der Waals surface area contributed by atoms with E-state index in [9.17, 15) is 4.79 Å². The molecule has 0 saturated carbocycles. The quantitative estimate of drug-likeness (QED) is 0.668. The van der Waals surface area contributed by atoms with Crippen molar-refractivity contribution in [1.29, 1.82) is 0 Å². The zero-order chi connectivity index (χ0) is 16.6. The van der Waals surface area contributed by atoms with Crippen molar-refractivity contribution >= 4 is 11.7 Å². The van der Waals surface area contributed by atoms with Crippen LogP contribution in [0.3, 0.4) is 0 Å². The number of unbranched alkanes of at least 4 members (excludes halogenated alkanes) is 2. The molecule has 0 fully saturated rings. The van der Waals surface area contributed by atoms with Gasteiger partial charge in [0, 0.05) is 18.3 Å². The third kappa shape index (κ3) is 6.48. The van der Waals surface area contributed by atoms with Crippen LogP contribution in [0.25, 0.3) is 0 Å². The SMILES string of the molecule is CCCCCc1ccc(NC(=O)N[C@@H](CN)C(C)(C)C)cc1. The second-order valence-electron chi connectivity index (χ2n) is 6.91. The van der Waals surface area contributed by atoms with E-state index in [1.807, 2.05) is 12.1 Å². The first-order valence-electron chi connectivity index (χ1n) is 8.23. The predicted octanol–water partition coefficient (Wildman–Crippen LogP) is 3.91. The minimum absolute atomic E-state index is 0.0548. The molecular formula is C18H31N3O. The average molecular weight is 305 g/mol. The summed E-state index contributed by atoms with van der Waals surface area (Å²) in [5.74, 6) is 0. The highest BCUT2D eigenvalue weighted by atomic mass is 16.2. The number of carbonyl (C=O) groups is 1. The summed E-state index contributed by atoms with van der Waals surface area (Å²) in [5.41, 5.74) is 7.80. The van der Waals surface area contributed by atoms with Gasteiger partial charge < -0.3 is 16.4 Å². The predicted molar refractivity (Wildman–Crippen MR) is 94.1 cm³/mol. The maximum absolute atomic E-state index is 12.0. The monoisotopic (exact) mass is 305 g/mol. The summed E-state index contributed by atoms with van der Waals surface area (Å²) in [5, 5.41) is 5.80. The molecule has 1 aromatic rings. The van der Waals surface area contributed by atoms with Crippen molar-refractivity contribution in [2.24, 2.45) is 11.1 Å². The highest BCUT2D eigenvalue weighted by Crippen LogP contribution is 2.18. The number of hydrogen-bond donors (Lipinski definition) is 3. The first-order valence-corrected chi connectivity index (χ1v) is 8.23. The Balaban J connectivity index is 2.50. The van der Waals surface area contributed by atoms with E-state index in [4.69, 9.17) is 5.73 Å². The molecule has 0 radical (unpaired) electrons. The van der Waals surface area contributed by atoms with Gasteiger partial charge in [-0.05, 0) is 36.0 Å². The van der Waals surface area contributed by atoms with Gasteiger partial charge in [0.05, 0.1) is 0 Å². The summed E-state index contributed by atoms with van der Waals surface area (Å²) in [4.78, 5) is 12.0. The van der Waals surface area contributed by atoms with E-state index < -0.39 is 0 Å². The van der Waals surface area contributed by atoms with E-state index in [2.05, 4.69) is 50.5 Å². The molecule has 0 aliphatic rings. The number of anilines is 1. The van der Waals surface area contributed by atoms with Crippen molar-refractivity contribution in [1.82, 2.24) is 5.32 Å². The standard InChI is InChI=1S/C18H31N3O/c1-5-6-7-8-14-9-11-15(12-10-14)20-17(22)21-16(13-19)18(2,3)4/h9-12,16H,5-8,13,19H2,1-4H3,(H2,20,21,22)/t16-/m0/s1. The fourth-order valence-electron chi connectivity index (χ4n) is 2.29. The minimum Gasteiger partial charge on any atom is -0.333 e. The van der Waals surface area contributed by atoms with Gasteiger partial charge in [0.1, 0.15) is 0 Å². The molecule has 124 valence electrons. The van der Waals surface area contributed by atoms with Gasteiger partial charge in [-0.3, -0.25) is 0 Å². The van der Waals surface area contributed by atoms with Gasteiger partial charge in [0.15, 0.2) is 0 Å². The van der Waals surface area contributed by atoms with Crippen LogP contribution in [-0.2, 0) is 6.42 Å². The van der Waals surface area contributed by atoms with Crippen molar-refractivity contribution in [3.8, 4) is 0 Å². The summed E-state index contributed by atoms with van der Waals surface area (Å²) in [6.07, 6.45) is 4.80. The summed E-state index contributed by atoms with van der Waals surface area (Å²) in [7, 11) is 0. The van der Waals surface area contributed by atoms with Crippen LogP contribution in [0.2, 0.25) is 0 Å². The Morgan fingerprint density at radius 3 is 2.32 bits per heavy atom. The maximum atomic E-state index is 12.0. The Kier molecular flexibility index (Phi) is 7.39. The lowest BCUT2D eigenvalue weighted by Crippen LogP contribution is -2.49. The molecule has 0 aliphatic carbocycles. The molecule has 4 nitrogen and oxygen atoms in total. The van der Waals surface area contributed by atoms with Crippen LogP contribution in [0, 0.1) is 5.41 Å². The normalized spacial score (nSPS) is 12.8. The number of hydrogen-bond acceptors (Lipinski definition) is 2. The largest absolute Gasteiger partial charge is 0.333 e. The van der Waals surface area contributed by atoms with Crippen molar-refractivity contribution in [3.63, 3.8) is 0 Å². The van der Waals surface area contributed by atoms with E-state index in [0.29, 0.717) is 6.54 Å². The van der Waals surface area contributed by atoms with Gasteiger partial charge in [-0.25, -0.2) is 4.79 Å². The lowest BCUT2D eigenvalue weighted by atomic mass is 9.87. The van der Waals surface area contributed by atoms with Crippen molar-refractivity contribution in [2.75, 3.05) is 11.9 Å². The van der Waals surface area contributed by atoms with Gasteiger partial charge in [-0.2, -0.15) is 0 Å². The molecule has 0 heterocycles. The van der Waals surface area contributed by atoms with Crippen LogP contribution in [-0.4, -0.2) is 18.6 Å². The summed E-state index contributed by atoms with van der Waals surface area (Å²) >= 11 is 0. The molecule has 0 aliphatic heterocycles. The summed E-state index contributed by atoms with van der Waals surface area (Å²) in [6, 6.07) is 7.81. The molecular weight excluding hydrogens is 274 g/mol. The third-order valence-corrected chi connectivity index (χ3v) is 3.87. The molecule has 4 heteroatoms. The fraction of sp³-hybridized carbons (Fsp3) is 0.611. The zero-order valence-electron chi connectivity index (χ0n) is 14.4. The maximum Gasteiger partial charge on any atom is 0.319 e. The molecule has 0 saturated heterocycles. The van der Waals surface area contributed by atoms with Crippen LogP contribution in [0.5, 0.6) is 0 Å². The molecule has 1 atom stereocenters. The van der Waals surface area contributed by atoms with E-state index >= 15 is 0 Å². The highest BCUT2D eigenvalue weighted by Gasteiger charge is 2.24. The smallest absolute Gasteiger partial charge is 0.319 e. The Morgan fingerprint density at radius 1 is 1.18 bits per heavy atom. The first-order chi connectivity index (χ1) is 10.4.